The Hall–Kier alpha value is -3.15. The Balaban J connectivity index is 1.80. The number of aromatic amines is 1. The van der Waals surface area contributed by atoms with E-state index in [2.05, 4.69) is 15.3 Å². The second-order valence-electron chi connectivity index (χ2n) is 4.47. The number of carboxylic acid groups (broad SMARTS) is 1. The Bertz CT molecular complexity index is 822. The number of aromatic nitrogens is 2. The topological polar surface area (TPSA) is 95.1 Å². The molecule has 0 unspecified atom stereocenters. The number of nitrogens with one attached hydrogen (secondary N) is 2. The third-order valence-corrected chi connectivity index (χ3v) is 3.06. The lowest BCUT2D eigenvalue weighted by molar-refractivity contribution is 0.0690. The van der Waals surface area contributed by atoms with Gasteiger partial charge < -0.3 is 15.4 Å². The van der Waals surface area contributed by atoms with Gasteiger partial charge in [-0.2, -0.15) is 0 Å². The van der Waals surface area contributed by atoms with Gasteiger partial charge in [0.2, 0.25) is 0 Å². The molecule has 0 aliphatic rings. The number of benzene rings is 1. The van der Waals surface area contributed by atoms with Crippen LogP contribution in [0.5, 0.6) is 0 Å². The minimum Gasteiger partial charge on any atom is -0.477 e. The molecule has 3 aromatic rings. The lowest BCUT2D eigenvalue weighted by Crippen LogP contribution is -2.12. The number of carbonyl (C=O) groups is 2. The Kier molecular flexibility index (Phi) is 3.12. The van der Waals surface area contributed by atoms with Crippen LogP contribution < -0.4 is 5.32 Å². The van der Waals surface area contributed by atoms with Crippen molar-refractivity contribution >= 4 is 28.5 Å². The van der Waals surface area contributed by atoms with Crippen LogP contribution in [0.3, 0.4) is 0 Å². The summed E-state index contributed by atoms with van der Waals surface area (Å²) in [6.45, 7) is 0. The molecular formula is C15H11N3O3. The van der Waals surface area contributed by atoms with E-state index in [0.717, 1.165) is 10.9 Å². The molecule has 3 N–H and O–H groups in total. The van der Waals surface area contributed by atoms with E-state index in [4.69, 9.17) is 5.11 Å². The van der Waals surface area contributed by atoms with E-state index >= 15 is 0 Å². The Morgan fingerprint density at radius 1 is 1.14 bits per heavy atom. The van der Waals surface area contributed by atoms with Gasteiger partial charge in [0.15, 0.2) is 0 Å². The van der Waals surface area contributed by atoms with Crippen LogP contribution in [0.2, 0.25) is 0 Å². The summed E-state index contributed by atoms with van der Waals surface area (Å²) in [7, 11) is 0. The number of rotatable bonds is 3. The molecule has 0 fully saturated rings. The van der Waals surface area contributed by atoms with Crippen molar-refractivity contribution in [3.05, 3.63) is 60.0 Å². The summed E-state index contributed by atoms with van der Waals surface area (Å²) in [5.41, 5.74) is 1.76. The second kappa shape index (κ2) is 5.09. The first kappa shape index (κ1) is 12.9. The van der Waals surface area contributed by atoms with Gasteiger partial charge in [0.25, 0.3) is 5.91 Å². The molecule has 0 atom stereocenters. The van der Waals surface area contributed by atoms with E-state index in [-0.39, 0.29) is 11.6 Å². The largest absolute Gasteiger partial charge is 0.477 e. The van der Waals surface area contributed by atoms with Crippen molar-refractivity contribution < 1.29 is 14.7 Å². The van der Waals surface area contributed by atoms with E-state index in [0.29, 0.717) is 11.3 Å². The molecule has 2 aromatic heterocycles. The van der Waals surface area contributed by atoms with E-state index in [1.165, 1.54) is 18.3 Å². The highest BCUT2D eigenvalue weighted by Gasteiger charge is 2.09. The molecule has 0 aliphatic carbocycles. The third kappa shape index (κ3) is 2.59. The van der Waals surface area contributed by atoms with Crippen LogP contribution in [0.4, 0.5) is 5.69 Å². The van der Waals surface area contributed by atoms with E-state index in [1.54, 1.807) is 18.3 Å². The van der Waals surface area contributed by atoms with Crippen molar-refractivity contribution in [2.45, 2.75) is 0 Å². The number of nitrogens with zero attached hydrogens (tertiary/aromatic N) is 1. The monoisotopic (exact) mass is 281 g/mol. The van der Waals surface area contributed by atoms with Crippen molar-refractivity contribution in [1.29, 1.82) is 0 Å². The van der Waals surface area contributed by atoms with Crippen LogP contribution in [0.25, 0.3) is 10.9 Å². The molecule has 21 heavy (non-hydrogen) atoms. The molecule has 0 saturated heterocycles. The molecule has 1 amide bonds. The van der Waals surface area contributed by atoms with Gasteiger partial charge in [0.05, 0.1) is 11.9 Å². The average Bonchev–Trinajstić information content (AvgIpc) is 2.95. The van der Waals surface area contributed by atoms with Gasteiger partial charge in [-0.15, -0.1) is 0 Å². The summed E-state index contributed by atoms with van der Waals surface area (Å²) in [5.74, 6) is -1.39. The summed E-state index contributed by atoms with van der Waals surface area (Å²) in [5, 5.41) is 12.5. The Labute approximate surface area is 119 Å². The summed E-state index contributed by atoms with van der Waals surface area (Å²) < 4.78 is 0. The fourth-order valence-electron chi connectivity index (χ4n) is 1.99. The quantitative estimate of drug-likeness (QED) is 0.687. The number of fused-ring (bicyclic) bond motifs is 1. The van der Waals surface area contributed by atoms with Gasteiger partial charge in [-0.3, -0.25) is 4.79 Å². The number of anilines is 1. The highest BCUT2D eigenvalue weighted by Crippen LogP contribution is 2.15. The zero-order valence-corrected chi connectivity index (χ0v) is 10.8. The third-order valence-electron chi connectivity index (χ3n) is 3.06. The summed E-state index contributed by atoms with van der Waals surface area (Å²) in [6.07, 6.45) is 3.12. The molecule has 6 nitrogen and oxygen atoms in total. The molecule has 0 saturated carbocycles. The predicted molar refractivity (Wildman–Crippen MR) is 77.4 cm³/mol. The zero-order valence-electron chi connectivity index (χ0n) is 10.8. The smallest absolute Gasteiger partial charge is 0.354 e. The minimum absolute atomic E-state index is 0.0687. The molecule has 3 rings (SSSR count). The number of aromatic carboxylic acids is 1. The van der Waals surface area contributed by atoms with E-state index in [1.807, 2.05) is 12.1 Å². The first-order chi connectivity index (χ1) is 10.1. The lowest BCUT2D eigenvalue weighted by Gasteiger charge is -2.05. The summed E-state index contributed by atoms with van der Waals surface area (Å²) >= 11 is 0. The summed E-state index contributed by atoms with van der Waals surface area (Å²) in [6, 6.07) is 10.1. The van der Waals surface area contributed by atoms with E-state index in [9.17, 15) is 9.59 Å². The fourth-order valence-corrected chi connectivity index (χ4v) is 1.99. The van der Waals surface area contributed by atoms with Crippen LogP contribution in [-0.4, -0.2) is 27.0 Å². The molecule has 0 radical (unpaired) electrons. The molecule has 104 valence electrons. The number of carbonyl (C=O) groups excluding carboxylic acids is 1. The van der Waals surface area contributed by atoms with Crippen molar-refractivity contribution in [1.82, 2.24) is 9.97 Å². The standard InChI is InChI=1S/C15H11N3O3/c19-14(10-2-1-9-5-6-16-13(9)7-10)18-11-3-4-12(15(20)21)17-8-11/h1-8,16H,(H,18,19)(H,20,21). The maximum absolute atomic E-state index is 12.1. The number of hydrogen-bond donors (Lipinski definition) is 3. The molecule has 0 spiro atoms. The number of amides is 1. The van der Waals surface area contributed by atoms with Crippen molar-refractivity contribution in [3.8, 4) is 0 Å². The maximum atomic E-state index is 12.1. The van der Waals surface area contributed by atoms with E-state index < -0.39 is 5.97 Å². The van der Waals surface area contributed by atoms with Crippen LogP contribution >= 0.6 is 0 Å². The SMILES string of the molecule is O=C(Nc1ccc(C(=O)O)nc1)c1ccc2cc[nH]c2c1. The lowest BCUT2D eigenvalue weighted by atomic mass is 10.1. The molecule has 0 bridgehead atoms. The number of hydrogen-bond acceptors (Lipinski definition) is 3. The maximum Gasteiger partial charge on any atom is 0.354 e. The first-order valence-electron chi connectivity index (χ1n) is 6.21. The number of pyridine rings is 1. The zero-order chi connectivity index (χ0) is 14.8. The van der Waals surface area contributed by atoms with Crippen LogP contribution in [0, 0.1) is 0 Å². The Morgan fingerprint density at radius 3 is 2.71 bits per heavy atom. The minimum atomic E-state index is -1.11. The molecule has 0 aliphatic heterocycles. The molecule has 6 heteroatoms. The number of H-pyrrole nitrogens is 1. The first-order valence-corrected chi connectivity index (χ1v) is 6.21. The van der Waals surface area contributed by atoms with Crippen LogP contribution in [-0.2, 0) is 0 Å². The predicted octanol–water partition coefficient (Wildman–Crippen LogP) is 2.51. The summed E-state index contributed by atoms with van der Waals surface area (Å²) in [4.78, 5) is 29.6. The van der Waals surface area contributed by atoms with Gasteiger partial charge in [-0.25, -0.2) is 9.78 Å². The highest BCUT2D eigenvalue weighted by molar-refractivity contribution is 6.06. The van der Waals surface area contributed by atoms with Crippen molar-refractivity contribution in [3.63, 3.8) is 0 Å². The van der Waals surface area contributed by atoms with Crippen molar-refractivity contribution in [2.75, 3.05) is 5.32 Å². The Morgan fingerprint density at radius 2 is 2.00 bits per heavy atom. The molecule has 1 aromatic carbocycles. The molecular weight excluding hydrogens is 270 g/mol. The molecule has 2 heterocycles. The van der Waals surface area contributed by atoms with Gasteiger partial charge in [-0.05, 0) is 35.7 Å². The fraction of sp³-hybridized carbons (Fsp3) is 0. The van der Waals surface area contributed by atoms with Crippen LogP contribution in [0.1, 0.15) is 20.8 Å². The van der Waals surface area contributed by atoms with Gasteiger partial charge >= 0.3 is 5.97 Å². The average molecular weight is 281 g/mol. The second-order valence-corrected chi connectivity index (χ2v) is 4.47. The van der Waals surface area contributed by atoms with Gasteiger partial charge in [0.1, 0.15) is 5.69 Å². The van der Waals surface area contributed by atoms with Crippen LogP contribution in [0.15, 0.2) is 48.8 Å². The normalized spacial score (nSPS) is 10.5. The van der Waals surface area contributed by atoms with Gasteiger partial charge in [0, 0.05) is 17.3 Å². The van der Waals surface area contributed by atoms with Crippen molar-refractivity contribution in [2.24, 2.45) is 0 Å². The van der Waals surface area contributed by atoms with Gasteiger partial charge in [-0.1, -0.05) is 6.07 Å². The highest BCUT2D eigenvalue weighted by atomic mass is 16.4. The number of carboxylic acids is 1.